The zero-order valence-electron chi connectivity index (χ0n) is 11.6. The summed E-state index contributed by atoms with van der Waals surface area (Å²) in [5.41, 5.74) is 0.573. The average molecular weight is 398 g/mol. The summed E-state index contributed by atoms with van der Waals surface area (Å²) < 4.78 is 8.96. The number of hydrogen-bond donors (Lipinski definition) is 0. The van der Waals surface area contributed by atoms with E-state index in [1.807, 2.05) is 46.9 Å². The maximum Gasteiger partial charge on any atom is 0.330 e. The standard InChI is InChI=1S/C15H15IN2O3/c1-17-9-12(16)14(19)18(15(17)20)8-10-6-7-21-13-5-3-2-4-11(10)13/h2-5,9-10H,6-8H2,1H3. The second-order valence-corrected chi connectivity index (χ2v) is 6.32. The molecule has 0 bridgehead atoms. The van der Waals surface area contributed by atoms with Crippen LogP contribution in [0.15, 0.2) is 40.1 Å². The van der Waals surface area contributed by atoms with E-state index < -0.39 is 0 Å². The number of nitrogens with zero attached hydrogens (tertiary/aromatic N) is 2. The number of hydrogen-bond acceptors (Lipinski definition) is 3. The van der Waals surface area contributed by atoms with E-state index in [0.717, 1.165) is 17.7 Å². The summed E-state index contributed by atoms with van der Waals surface area (Å²) in [5.74, 6) is 0.975. The highest BCUT2D eigenvalue weighted by atomic mass is 127. The maximum absolute atomic E-state index is 12.2. The number of benzene rings is 1. The molecule has 0 radical (unpaired) electrons. The van der Waals surface area contributed by atoms with E-state index in [1.165, 1.54) is 9.13 Å². The molecule has 6 heteroatoms. The lowest BCUT2D eigenvalue weighted by molar-refractivity contribution is 0.256. The Morgan fingerprint density at radius 1 is 1.33 bits per heavy atom. The van der Waals surface area contributed by atoms with Gasteiger partial charge in [0.05, 0.1) is 10.2 Å². The molecule has 1 aliphatic rings. The number of rotatable bonds is 2. The summed E-state index contributed by atoms with van der Waals surface area (Å²) in [4.78, 5) is 24.5. The van der Waals surface area contributed by atoms with Gasteiger partial charge >= 0.3 is 5.69 Å². The largest absolute Gasteiger partial charge is 0.493 e. The van der Waals surface area contributed by atoms with E-state index in [0.29, 0.717) is 16.7 Å². The number of para-hydroxylation sites is 1. The van der Waals surface area contributed by atoms with Gasteiger partial charge in [-0.3, -0.25) is 9.36 Å². The van der Waals surface area contributed by atoms with Gasteiger partial charge in [0.1, 0.15) is 5.75 Å². The van der Waals surface area contributed by atoms with E-state index in [-0.39, 0.29) is 17.2 Å². The van der Waals surface area contributed by atoms with Crippen LogP contribution in [0.4, 0.5) is 0 Å². The van der Waals surface area contributed by atoms with Crippen molar-refractivity contribution >= 4 is 22.6 Å². The van der Waals surface area contributed by atoms with Gasteiger partial charge < -0.3 is 9.30 Å². The lowest BCUT2D eigenvalue weighted by Gasteiger charge is -2.26. The van der Waals surface area contributed by atoms with Crippen LogP contribution in [-0.4, -0.2) is 15.7 Å². The van der Waals surface area contributed by atoms with Gasteiger partial charge in [0.25, 0.3) is 5.56 Å². The first-order valence-electron chi connectivity index (χ1n) is 6.75. The van der Waals surface area contributed by atoms with Crippen LogP contribution in [0.2, 0.25) is 0 Å². The molecule has 0 amide bonds. The molecule has 0 N–H and O–H groups in total. The normalized spacial score (nSPS) is 17.1. The summed E-state index contributed by atoms with van der Waals surface area (Å²) in [7, 11) is 1.67. The molecule has 0 spiro atoms. The lowest BCUT2D eigenvalue weighted by Crippen LogP contribution is -2.41. The Hall–Kier alpha value is -1.57. The Morgan fingerprint density at radius 2 is 2.10 bits per heavy atom. The molecule has 1 unspecified atom stereocenters. The molecule has 1 aliphatic heterocycles. The van der Waals surface area contributed by atoms with Crippen LogP contribution in [0.5, 0.6) is 5.75 Å². The summed E-state index contributed by atoms with van der Waals surface area (Å²) in [6, 6.07) is 7.81. The molecule has 2 heterocycles. The van der Waals surface area contributed by atoms with Crippen molar-refractivity contribution in [1.82, 2.24) is 9.13 Å². The summed E-state index contributed by atoms with van der Waals surface area (Å²) >= 11 is 1.97. The first-order chi connectivity index (χ1) is 10.1. The molecule has 1 atom stereocenters. The maximum atomic E-state index is 12.2. The second-order valence-electron chi connectivity index (χ2n) is 5.16. The quantitative estimate of drug-likeness (QED) is 0.725. The van der Waals surface area contributed by atoms with E-state index in [2.05, 4.69) is 0 Å². The molecular formula is C15H15IN2O3. The molecule has 0 fully saturated rings. The fraction of sp³-hybridized carbons (Fsp3) is 0.333. The molecule has 1 aromatic heterocycles. The topological polar surface area (TPSA) is 53.2 Å². The molecule has 5 nitrogen and oxygen atoms in total. The Morgan fingerprint density at radius 3 is 2.90 bits per heavy atom. The summed E-state index contributed by atoms with van der Waals surface area (Å²) in [6.07, 6.45) is 2.37. The van der Waals surface area contributed by atoms with Gasteiger partial charge in [0.15, 0.2) is 0 Å². The first-order valence-corrected chi connectivity index (χ1v) is 7.83. The molecule has 0 aliphatic carbocycles. The van der Waals surface area contributed by atoms with Crippen LogP contribution < -0.4 is 16.0 Å². The van der Waals surface area contributed by atoms with Crippen molar-refractivity contribution in [2.24, 2.45) is 7.05 Å². The Bertz CT molecular complexity index is 760. The lowest BCUT2D eigenvalue weighted by atomic mass is 9.93. The minimum Gasteiger partial charge on any atom is -0.493 e. The van der Waals surface area contributed by atoms with Crippen LogP contribution >= 0.6 is 22.6 Å². The summed E-state index contributed by atoms with van der Waals surface area (Å²) in [5, 5.41) is 0. The molecule has 110 valence electrons. The second kappa shape index (κ2) is 5.67. The van der Waals surface area contributed by atoms with Gasteiger partial charge in [-0.15, -0.1) is 0 Å². The van der Waals surface area contributed by atoms with Crippen molar-refractivity contribution in [3.63, 3.8) is 0 Å². The predicted octanol–water partition coefficient (Wildman–Crippen LogP) is 1.72. The fourth-order valence-electron chi connectivity index (χ4n) is 2.67. The number of halogens is 1. The molecule has 2 aromatic rings. The van der Waals surface area contributed by atoms with Crippen molar-refractivity contribution in [3.05, 3.63) is 60.4 Å². The van der Waals surface area contributed by atoms with E-state index in [1.54, 1.807) is 13.2 Å². The predicted molar refractivity (Wildman–Crippen MR) is 88.0 cm³/mol. The van der Waals surface area contributed by atoms with Crippen LogP contribution in [0.1, 0.15) is 17.9 Å². The smallest absolute Gasteiger partial charge is 0.330 e. The van der Waals surface area contributed by atoms with E-state index in [4.69, 9.17) is 4.74 Å². The Balaban J connectivity index is 2.03. The third kappa shape index (κ3) is 2.64. The number of fused-ring (bicyclic) bond motifs is 1. The number of aromatic nitrogens is 2. The minimum absolute atomic E-state index is 0.124. The van der Waals surface area contributed by atoms with Gasteiger partial charge in [0.2, 0.25) is 0 Å². The van der Waals surface area contributed by atoms with Crippen LogP contribution in [0, 0.1) is 3.57 Å². The first kappa shape index (κ1) is 14.4. The van der Waals surface area contributed by atoms with Gasteiger partial charge in [-0.2, -0.15) is 0 Å². The van der Waals surface area contributed by atoms with Crippen molar-refractivity contribution in [3.8, 4) is 5.75 Å². The van der Waals surface area contributed by atoms with Crippen LogP contribution in [0.25, 0.3) is 0 Å². The fourth-order valence-corrected chi connectivity index (χ4v) is 3.38. The average Bonchev–Trinajstić information content (AvgIpc) is 2.50. The monoisotopic (exact) mass is 398 g/mol. The zero-order valence-corrected chi connectivity index (χ0v) is 13.7. The van der Waals surface area contributed by atoms with E-state index in [9.17, 15) is 9.59 Å². The van der Waals surface area contributed by atoms with Crippen LogP contribution in [-0.2, 0) is 13.6 Å². The highest BCUT2D eigenvalue weighted by Gasteiger charge is 2.23. The number of aryl methyl sites for hydroxylation is 1. The molecule has 3 rings (SSSR count). The van der Waals surface area contributed by atoms with Crippen molar-refractivity contribution in [1.29, 1.82) is 0 Å². The Kier molecular flexibility index (Phi) is 3.88. The highest BCUT2D eigenvalue weighted by Crippen LogP contribution is 2.33. The van der Waals surface area contributed by atoms with Gasteiger partial charge in [-0.05, 0) is 40.6 Å². The minimum atomic E-state index is -0.274. The third-order valence-electron chi connectivity index (χ3n) is 3.77. The van der Waals surface area contributed by atoms with E-state index >= 15 is 0 Å². The van der Waals surface area contributed by atoms with Crippen LogP contribution in [0.3, 0.4) is 0 Å². The molecular weight excluding hydrogens is 383 g/mol. The molecule has 21 heavy (non-hydrogen) atoms. The van der Waals surface area contributed by atoms with Gasteiger partial charge in [-0.1, -0.05) is 18.2 Å². The van der Waals surface area contributed by atoms with Gasteiger partial charge in [0, 0.05) is 25.7 Å². The zero-order chi connectivity index (χ0) is 15.0. The highest BCUT2D eigenvalue weighted by molar-refractivity contribution is 14.1. The number of ether oxygens (including phenoxy) is 1. The third-order valence-corrected chi connectivity index (χ3v) is 4.51. The SMILES string of the molecule is Cn1cc(I)c(=O)n(CC2CCOc3ccccc32)c1=O. The van der Waals surface area contributed by atoms with Crippen molar-refractivity contribution in [2.75, 3.05) is 6.61 Å². The summed E-state index contributed by atoms with van der Waals surface area (Å²) in [6.45, 7) is 1.00. The van der Waals surface area contributed by atoms with Crippen molar-refractivity contribution in [2.45, 2.75) is 18.9 Å². The molecule has 1 aromatic carbocycles. The molecule has 0 saturated heterocycles. The Labute approximate surface area is 135 Å². The van der Waals surface area contributed by atoms with Crippen molar-refractivity contribution < 1.29 is 4.74 Å². The van der Waals surface area contributed by atoms with Gasteiger partial charge in [-0.25, -0.2) is 4.79 Å². The molecule has 0 saturated carbocycles.